The Balaban J connectivity index is 1.38. The number of aryl methyl sites for hydroxylation is 1. The molecule has 8 heteroatoms. The molecule has 3 aromatic rings. The summed E-state index contributed by atoms with van der Waals surface area (Å²) in [6.07, 6.45) is 1.16. The van der Waals surface area contributed by atoms with Crippen molar-refractivity contribution >= 4 is 28.5 Å². The molecule has 2 heterocycles. The van der Waals surface area contributed by atoms with Crippen molar-refractivity contribution in [3.05, 3.63) is 48.0 Å². The fourth-order valence-corrected chi connectivity index (χ4v) is 3.52. The summed E-state index contributed by atoms with van der Waals surface area (Å²) in [5, 5.41) is 20.6. The number of aromatic nitrogens is 3. The molecule has 0 unspecified atom stereocenters. The van der Waals surface area contributed by atoms with E-state index in [4.69, 9.17) is 0 Å². The molecule has 2 aromatic carbocycles. The second kappa shape index (κ2) is 7.30. The van der Waals surface area contributed by atoms with E-state index in [1.165, 1.54) is 6.07 Å². The molecule has 0 aliphatic carbocycles. The molecule has 1 aliphatic heterocycles. The van der Waals surface area contributed by atoms with E-state index in [9.17, 15) is 14.7 Å². The van der Waals surface area contributed by atoms with E-state index in [1.807, 2.05) is 13.1 Å². The smallest absolute Gasteiger partial charge is 0.253 e. The van der Waals surface area contributed by atoms with Crippen LogP contribution in [-0.4, -0.2) is 49.9 Å². The molecule has 1 aromatic heterocycles. The number of benzene rings is 2. The second-order valence-electron chi connectivity index (χ2n) is 6.99. The zero-order chi connectivity index (χ0) is 19.7. The summed E-state index contributed by atoms with van der Waals surface area (Å²) in [6, 6.07) is 12.0. The zero-order valence-corrected chi connectivity index (χ0v) is 15.5. The highest BCUT2D eigenvalue weighted by Gasteiger charge is 2.28. The van der Waals surface area contributed by atoms with Crippen molar-refractivity contribution < 1.29 is 14.7 Å². The molecule has 0 atom stereocenters. The third-order valence-electron chi connectivity index (χ3n) is 5.17. The number of amides is 2. The third kappa shape index (κ3) is 3.40. The number of likely N-dealkylation sites (tertiary alicyclic amines) is 1. The van der Waals surface area contributed by atoms with E-state index < -0.39 is 0 Å². The van der Waals surface area contributed by atoms with Gasteiger partial charge in [0, 0.05) is 31.6 Å². The van der Waals surface area contributed by atoms with Gasteiger partial charge in [0.25, 0.3) is 5.91 Å². The van der Waals surface area contributed by atoms with E-state index in [-0.39, 0.29) is 23.5 Å². The van der Waals surface area contributed by atoms with Crippen molar-refractivity contribution in [2.24, 2.45) is 13.0 Å². The topological polar surface area (TPSA) is 100 Å². The van der Waals surface area contributed by atoms with Crippen molar-refractivity contribution in [2.45, 2.75) is 12.8 Å². The molecule has 1 aliphatic rings. The Bertz CT molecular complexity index is 1040. The molecule has 144 valence electrons. The van der Waals surface area contributed by atoms with Crippen LogP contribution in [0.15, 0.2) is 42.5 Å². The highest BCUT2D eigenvalue weighted by atomic mass is 16.3. The van der Waals surface area contributed by atoms with E-state index in [2.05, 4.69) is 15.6 Å². The number of nitrogens with zero attached hydrogens (tertiary/aromatic N) is 4. The number of phenolic OH excluding ortho intramolecular Hbond substituents is 1. The van der Waals surface area contributed by atoms with Crippen molar-refractivity contribution in [3.8, 4) is 5.75 Å². The Labute approximate surface area is 161 Å². The molecule has 1 fully saturated rings. The van der Waals surface area contributed by atoms with Gasteiger partial charge < -0.3 is 15.3 Å². The Kier molecular flexibility index (Phi) is 4.68. The van der Waals surface area contributed by atoms with Gasteiger partial charge in [-0.25, -0.2) is 4.68 Å². The van der Waals surface area contributed by atoms with Crippen LogP contribution < -0.4 is 5.32 Å². The lowest BCUT2D eigenvalue weighted by Crippen LogP contribution is -2.41. The van der Waals surface area contributed by atoms with E-state index >= 15 is 0 Å². The van der Waals surface area contributed by atoms with Crippen LogP contribution in [0.3, 0.4) is 0 Å². The number of para-hydroxylation sites is 2. The Morgan fingerprint density at radius 3 is 2.64 bits per heavy atom. The zero-order valence-electron chi connectivity index (χ0n) is 15.5. The monoisotopic (exact) mass is 379 g/mol. The first-order valence-electron chi connectivity index (χ1n) is 9.20. The molecule has 4 rings (SSSR count). The van der Waals surface area contributed by atoms with Crippen LogP contribution in [0.1, 0.15) is 23.2 Å². The van der Waals surface area contributed by atoms with Crippen LogP contribution in [0, 0.1) is 5.92 Å². The Morgan fingerprint density at radius 2 is 1.89 bits per heavy atom. The van der Waals surface area contributed by atoms with Gasteiger partial charge in [-0.05, 0) is 43.2 Å². The van der Waals surface area contributed by atoms with Crippen LogP contribution in [0.2, 0.25) is 0 Å². The van der Waals surface area contributed by atoms with Gasteiger partial charge in [0.1, 0.15) is 11.3 Å². The van der Waals surface area contributed by atoms with Crippen molar-refractivity contribution in [1.29, 1.82) is 0 Å². The van der Waals surface area contributed by atoms with E-state index in [1.54, 1.807) is 39.9 Å². The first-order valence-corrected chi connectivity index (χ1v) is 9.20. The molecule has 1 saturated heterocycles. The third-order valence-corrected chi connectivity index (χ3v) is 5.17. The number of hydrogen-bond donors (Lipinski definition) is 2. The lowest BCUT2D eigenvalue weighted by atomic mass is 9.95. The predicted molar refractivity (Wildman–Crippen MR) is 104 cm³/mol. The lowest BCUT2D eigenvalue weighted by Gasteiger charge is -2.31. The van der Waals surface area contributed by atoms with Crippen molar-refractivity contribution in [3.63, 3.8) is 0 Å². The number of fused-ring (bicyclic) bond motifs is 1. The SMILES string of the molecule is Cn1nnc2cc(C(=O)N3CCC(C(=O)Nc4ccccc4O)CC3)ccc21. The molecule has 0 spiro atoms. The molecule has 0 radical (unpaired) electrons. The molecule has 2 N–H and O–H groups in total. The molecule has 28 heavy (non-hydrogen) atoms. The summed E-state index contributed by atoms with van der Waals surface area (Å²) < 4.78 is 1.66. The standard InChI is InChI=1S/C20H21N5O3/c1-24-17-7-6-14(12-16(17)22-23-24)20(28)25-10-8-13(9-11-25)19(27)21-15-4-2-3-5-18(15)26/h2-7,12-13,26H,8-11H2,1H3,(H,21,27). The average Bonchev–Trinajstić information content (AvgIpc) is 3.09. The number of carbonyl (C=O) groups excluding carboxylic acids is 2. The maximum absolute atomic E-state index is 12.8. The van der Waals surface area contributed by atoms with Gasteiger partial charge in [0.2, 0.25) is 5.91 Å². The van der Waals surface area contributed by atoms with Gasteiger partial charge in [-0.3, -0.25) is 9.59 Å². The normalized spacial score (nSPS) is 15.0. The fourth-order valence-electron chi connectivity index (χ4n) is 3.52. The van der Waals surface area contributed by atoms with Gasteiger partial charge in [0.15, 0.2) is 0 Å². The molecule has 8 nitrogen and oxygen atoms in total. The predicted octanol–water partition coefficient (Wildman–Crippen LogP) is 2.16. The molecular weight excluding hydrogens is 358 g/mol. The van der Waals surface area contributed by atoms with Crippen LogP contribution >= 0.6 is 0 Å². The van der Waals surface area contributed by atoms with Gasteiger partial charge in [0.05, 0.1) is 11.2 Å². The first kappa shape index (κ1) is 18.0. The van der Waals surface area contributed by atoms with Gasteiger partial charge in [-0.15, -0.1) is 5.10 Å². The maximum atomic E-state index is 12.8. The quantitative estimate of drug-likeness (QED) is 0.679. The van der Waals surface area contributed by atoms with Crippen molar-refractivity contribution in [1.82, 2.24) is 19.9 Å². The summed E-state index contributed by atoms with van der Waals surface area (Å²) >= 11 is 0. The first-order chi connectivity index (χ1) is 13.5. The summed E-state index contributed by atoms with van der Waals surface area (Å²) in [6.45, 7) is 1.02. The van der Waals surface area contributed by atoms with Crippen LogP contribution in [0.5, 0.6) is 5.75 Å². The van der Waals surface area contributed by atoms with Gasteiger partial charge in [-0.2, -0.15) is 0 Å². The minimum atomic E-state index is -0.189. The maximum Gasteiger partial charge on any atom is 0.253 e. The summed E-state index contributed by atoms with van der Waals surface area (Å²) in [5.74, 6) is -0.337. The molecule has 2 amide bonds. The summed E-state index contributed by atoms with van der Waals surface area (Å²) in [7, 11) is 1.81. The highest BCUT2D eigenvalue weighted by molar-refractivity contribution is 5.98. The Hall–Kier alpha value is -3.42. The number of hydrogen-bond acceptors (Lipinski definition) is 5. The average molecular weight is 379 g/mol. The molecular formula is C20H21N5O3. The van der Waals surface area contributed by atoms with Crippen LogP contribution in [0.25, 0.3) is 11.0 Å². The largest absolute Gasteiger partial charge is 0.506 e. The summed E-state index contributed by atoms with van der Waals surface area (Å²) in [5.41, 5.74) is 2.54. The number of carbonyl (C=O) groups is 2. The van der Waals surface area contributed by atoms with Crippen LogP contribution in [0.4, 0.5) is 5.69 Å². The van der Waals surface area contributed by atoms with Gasteiger partial charge in [-0.1, -0.05) is 17.3 Å². The number of anilines is 1. The van der Waals surface area contributed by atoms with Crippen molar-refractivity contribution in [2.75, 3.05) is 18.4 Å². The number of phenols is 1. The number of piperidine rings is 1. The number of rotatable bonds is 3. The summed E-state index contributed by atoms with van der Waals surface area (Å²) in [4.78, 5) is 27.0. The number of aromatic hydroxyl groups is 1. The fraction of sp³-hybridized carbons (Fsp3) is 0.300. The second-order valence-corrected chi connectivity index (χ2v) is 6.99. The van der Waals surface area contributed by atoms with E-state index in [0.29, 0.717) is 42.7 Å². The lowest BCUT2D eigenvalue weighted by molar-refractivity contribution is -0.121. The van der Waals surface area contributed by atoms with E-state index in [0.717, 1.165) is 5.52 Å². The number of nitrogens with one attached hydrogen (secondary N) is 1. The highest BCUT2D eigenvalue weighted by Crippen LogP contribution is 2.25. The molecule has 0 saturated carbocycles. The van der Waals surface area contributed by atoms with Crippen LogP contribution in [-0.2, 0) is 11.8 Å². The Morgan fingerprint density at radius 1 is 1.14 bits per heavy atom. The minimum absolute atomic E-state index is 0.0443. The van der Waals surface area contributed by atoms with Gasteiger partial charge >= 0.3 is 0 Å². The minimum Gasteiger partial charge on any atom is -0.506 e. The molecule has 0 bridgehead atoms.